The van der Waals surface area contributed by atoms with Crippen LogP contribution in [0, 0.1) is 5.92 Å². The fraction of sp³-hybridized carbons (Fsp3) is 0.400. The highest BCUT2D eigenvalue weighted by Crippen LogP contribution is 2.19. The summed E-state index contributed by atoms with van der Waals surface area (Å²) in [6, 6.07) is 17.7. The van der Waals surface area contributed by atoms with Crippen molar-refractivity contribution in [3.05, 3.63) is 71.8 Å². The maximum absolute atomic E-state index is 13.3. The van der Waals surface area contributed by atoms with Crippen molar-refractivity contribution in [1.82, 2.24) is 4.90 Å². The standard InChI is InChI=1S/C25H31NO5/c1-25(2,3)31-24(30)26(4)21(16-19-13-9-6-10-14-19)22(27)17-20(23(28)29)15-18-11-7-5-8-12-18/h5-14,20-21H,15-17H2,1-4H3,(H,28,29)/t20-,21+/m1/s1. The summed E-state index contributed by atoms with van der Waals surface area (Å²) in [5.74, 6) is -2.21. The Hall–Kier alpha value is -3.15. The molecule has 2 atom stereocenters. The topological polar surface area (TPSA) is 83.9 Å². The molecular formula is C25H31NO5. The van der Waals surface area contributed by atoms with Gasteiger partial charge in [-0.3, -0.25) is 9.59 Å². The molecule has 6 nitrogen and oxygen atoms in total. The SMILES string of the molecule is CN(C(=O)OC(C)(C)C)[C@@H](Cc1ccccc1)C(=O)C[C@@H](Cc1ccccc1)C(=O)O. The monoisotopic (exact) mass is 425 g/mol. The highest BCUT2D eigenvalue weighted by Gasteiger charge is 2.33. The molecule has 0 saturated carbocycles. The predicted octanol–water partition coefficient (Wildman–Crippen LogP) is 4.37. The molecule has 31 heavy (non-hydrogen) atoms. The lowest BCUT2D eigenvalue weighted by atomic mass is 9.90. The summed E-state index contributed by atoms with van der Waals surface area (Å²) in [6.45, 7) is 5.27. The molecule has 2 rings (SSSR count). The molecule has 0 radical (unpaired) electrons. The van der Waals surface area contributed by atoms with Crippen LogP contribution in [-0.4, -0.2) is 46.5 Å². The molecule has 0 fully saturated rings. The lowest BCUT2D eigenvalue weighted by Crippen LogP contribution is -2.46. The number of carboxylic acid groups (broad SMARTS) is 1. The molecular weight excluding hydrogens is 394 g/mol. The van der Waals surface area contributed by atoms with Crippen LogP contribution in [0.5, 0.6) is 0 Å². The van der Waals surface area contributed by atoms with Crippen LogP contribution in [0.25, 0.3) is 0 Å². The number of benzene rings is 2. The van der Waals surface area contributed by atoms with Crippen LogP contribution in [0.2, 0.25) is 0 Å². The number of amides is 1. The minimum absolute atomic E-state index is 0.172. The van der Waals surface area contributed by atoms with Crippen molar-refractivity contribution in [2.45, 2.75) is 51.7 Å². The number of nitrogens with zero attached hydrogens (tertiary/aromatic N) is 1. The predicted molar refractivity (Wildman–Crippen MR) is 119 cm³/mol. The molecule has 0 spiro atoms. The van der Waals surface area contributed by atoms with Crippen molar-refractivity contribution in [3.63, 3.8) is 0 Å². The quantitative estimate of drug-likeness (QED) is 0.645. The number of ether oxygens (including phenoxy) is 1. The largest absolute Gasteiger partial charge is 0.481 e. The molecule has 2 aromatic rings. The fourth-order valence-electron chi connectivity index (χ4n) is 3.29. The average molecular weight is 426 g/mol. The van der Waals surface area contributed by atoms with E-state index in [4.69, 9.17) is 4.74 Å². The molecule has 0 aliphatic rings. The van der Waals surface area contributed by atoms with E-state index >= 15 is 0 Å². The van der Waals surface area contributed by atoms with Gasteiger partial charge < -0.3 is 14.7 Å². The molecule has 0 aliphatic carbocycles. The van der Waals surface area contributed by atoms with Gasteiger partial charge in [-0.05, 0) is 38.3 Å². The fourth-order valence-corrected chi connectivity index (χ4v) is 3.29. The maximum Gasteiger partial charge on any atom is 0.410 e. The second-order valence-electron chi connectivity index (χ2n) is 8.69. The Balaban J connectivity index is 2.22. The summed E-state index contributed by atoms with van der Waals surface area (Å²) in [7, 11) is 1.52. The van der Waals surface area contributed by atoms with E-state index in [9.17, 15) is 19.5 Å². The Morgan fingerprint density at radius 3 is 1.84 bits per heavy atom. The van der Waals surface area contributed by atoms with E-state index in [2.05, 4.69) is 0 Å². The third-order valence-corrected chi connectivity index (χ3v) is 4.91. The van der Waals surface area contributed by atoms with Gasteiger partial charge in [-0.25, -0.2) is 4.79 Å². The van der Waals surface area contributed by atoms with Gasteiger partial charge in [0.1, 0.15) is 5.60 Å². The third-order valence-electron chi connectivity index (χ3n) is 4.91. The molecule has 0 saturated heterocycles. The molecule has 1 N–H and O–H groups in total. The lowest BCUT2D eigenvalue weighted by Gasteiger charge is -2.30. The average Bonchev–Trinajstić information content (AvgIpc) is 2.71. The molecule has 0 aliphatic heterocycles. The first kappa shape index (κ1) is 24.1. The Morgan fingerprint density at radius 1 is 0.903 bits per heavy atom. The maximum atomic E-state index is 13.3. The Kier molecular flexibility index (Phi) is 8.37. The van der Waals surface area contributed by atoms with Crippen molar-refractivity contribution < 1.29 is 24.2 Å². The van der Waals surface area contributed by atoms with Gasteiger partial charge >= 0.3 is 12.1 Å². The number of carbonyl (C=O) groups excluding carboxylic acids is 2. The third kappa shape index (κ3) is 7.89. The molecule has 0 bridgehead atoms. The van der Waals surface area contributed by atoms with Crippen molar-refractivity contribution in [1.29, 1.82) is 0 Å². The van der Waals surface area contributed by atoms with Gasteiger partial charge in [0.05, 0.1) is 12.0 Å². The first-order valence-electron chi connectivity index (χ1n) is 10.4. The number of carboxylic acids is 1. The Morgan fingerprint density at radius 2 is 1.39 bits per heavy atom. The van der Waals surface area contributed by atoms with E-state index < -0.39 is 29.6 Å². The van der Waals surface area contributed by atoms with Crippen molar-refractivity contribution in [2.75, 3.05) is 7.05 Å². The first-order chi connectivity index (χ1) is 14.6. The van der Waals surface area contributed by atoms with Gasteiger partial charge in [0, 0.05) is 19.9 Å². The minimum Gasteiger partial charge on any atom is -0.481 e. The number of rotatable bonds is 9. The summed E-state index contributed by atoms with van der Waals surface area (Å²) in [5.41, 5.74) is 1.02. The number of aliphatic carboxylic acids is 1. The van der Waals surface area contributed by atoms with E-state index in [1.807, 2.05) is 60.7 Å². The molecule has 6 heteroatoms. The van der Waals surface area contributed by atoms with E-state index in [0.717, 1.165) is 11.1 Å². The van der Waals surface area contributed by atoms with Crippen molar-refractivity contribution in [3.8, 4) is 0 Å². The summed E-state index contributed by atoms with van der Waals surface area (Å²) >= 11 is 0. The Bertz CT molecular complexity index is 874. The van der Waals surface area contributed by atoms with Crippen LogP contribution in [-0.2, 0) is 27.2 Å². The Labute approximate surface area is 183 Å². The molecule has 0 aromatic heterocycles. The summed E-state index contributed by atoms with van der Waals surface area (Å²) < 4.78 is 5.43. The zero-order chi connectivity index (χ0) is 23.0. The van der Waals surface area contributed by atoms with E-state index in [1.54, 1.807) is 20.8 Å². The first-order valence-corrected chi connectivity index (χ1v) is 10.4. The highest BCUT2D eigenvalue weighted by molar-refractivity contribution is 5.90. The van der Waals surface area contributed by atoms with Crippen LogP contribution >= 0.6 is 0 Å². The normalized spacial score (nSPS) is 13.2. The molecule has 1 amide bonds. The zero-order valence-corrected chi connectivity index (χ0v) is 18.6. The zero-order valence-electron chi connectivity index (χ0n) is 18.6. The highest BCUT2D eigenvalue weighted by atomic mass is 16.6. The number of likely N-dealkylation sites (N-methyl/N-ethyl adjacent to an activating group) is 1. The van der Waals surface area contributed by atoms with Crippen LogP contribution in [0.1, 0.15) is 38.3 Å². The summed E-state index contributed by atoms with van der Waals surface area (Å²) in [5, 5.41) is 9.70. The van der Waals surface area contributed by atoms with Gasteiger partial charge in [0.15, 0.2) is 5.78 Å². The molecule has 2 aromatic carbocycles. The van der Waals surface area contributed by atoms with Crippen LogP contribution in [0.3, 0.4) is 0 Å². The van der Waals surface area contributed by atoms with Crippen molar-refractivity contribution >= 4 is 17.8 Å². The number of hydrogen-bond acceptors (Lipinski definition) is 4. The number of Topliss-reactive ketones (excluding diaryl/α,β-unsaturated/α-hetero) is 1. The minimum atomic E-state index is -1.03. The lowest BCUT2D eigenvalue weighted by molar-refractivity contribution is -0.144. The number of ketones is 1. The molecule has 0 unspecified atom stereocenters. The summed E-state index contributed by atoms with van der Waals surface area (Å²) in [6.07, 6.45) is -0.255. The van der Waals surface area contributed by atoms with Gasteiger partial charge in [0.2, 0.25) is 0 Å². The van der Waals surface area contributed by atoms with Crippen molar-refractivity contribution in [2.24, 2.45) is 5.92 Å². The number of carbonyl (C=O) groups is 3. The second kappa shape index (κ2) is 10.8. The smallest absolute Gasteiger partial charge is 0.410 e. The molecule has 166 valence electrons. The second-order valence-corrected chi connectivity index (χ2v) is 8.69. The van der Waals surface area contributed by atoms with Gasteiger partial charge in [-0.15, -0.1) is 0 Å². The van der Waals surface area contributed by atoms with Crippen LogP contribution < -0.4 is 0 Å². The van der Waals surface area contributed by atoms with E-state index in [1.165, 1.54) is 11.9 Å². The van der Waals surface area contributed by atoms with Crippen LogP contribution in [0.15, 0.2) is 60.7 Å². The van der Waals surface area contributed by atoms with Crippen LogP contribution in [0.4, 0.5) is 4.79 Å². The molecule has 0 heterocycles. The number of hydrogen-bond donors (Lipinski definition) is 1. The van der Waals surface area contributed by atoms with Gasteiger partial charge in [-0.1, -0.05) is 60.7 Å². The van der Waals surface area contributed by atoms with Gasteiger partial charge in [-0.2, -0.15) is 0 Å². The van der Waals surface area contributed by atoms with Gasteiger partial charge in [0.25, 0.3) is 0 Å². The van der Waals surface area contributed by atoms with E-state index in [0.29, 0.717) is 0 Å². The summed E-state index contributed by atoms with van der Waals surface area (Å²) in [4.78, 5) is 39.0. The van der Waals surface area contributed by atoms with E-state index in [-0.39, 0.29) is 25.0 Å².